The first-order chi connectivity index (χ1) is 19.0. The van der Waals surface area contributed by atoms with Gasteiger partial charge in [0.1, 0.15) is 6.04 Å². The Bertz CT molecular complexity index is 1280. The molecule has 0 radical (unpaired) electrons. The highest BCUT2D eigenvalue weighted by atomic mass is 16.2. The molecule has 0 aliphatic heterocycles. The van der Waals surface area contributed by atoms with Crippen molar-refractivity contribution >= 4 is 11.8 Å². The Morgan fingerprint density at radius 2 is 1.31 bits per heavy atom. The molecule has 0 fully saturated rings. The van der Waals surface area contributed by atoms with Gasteiger partial charge in [0.05, 0.1) is 0 Å². The summed E-state index contributed by atoms with van der Waals surface area (Å²) >= 11 is 0. The van der Waals surface area contributed by atoms with Crippen molar-refractivity contribution in [2.24, 2.45) is 0 Å². The van der Waals surface area contributed by atoms with E-state index in [-0.39, 0.29) is 24.2 Å². The van der Waals surface area contributed by atoms with Crippen LogP contribution in [0.15, 0.2) is 115 Å². The van der Waals surface area contributed by atoms with Crippen molar-refractivity contribution in [3.63, 3.8) is 0 Å². The van der Waals surface area contributed by atoms with Crippen molar-refractivity contribution in [1.29, 1.82) is 0 Å². The van der Waals surface area contributed by atoms with Crippen LogP contribution in [0.1, 0.15) is 53.5 Å². The molecule has 1 unspecified atom stereocenters. The van der Waals surface area contributed by atoms with Gasteiger partial charge in [-0.1, -0.05) is 128 Å². The van der Waals surface area contributed by atoms with Crippen LogP contribution >= 0.6 is 0 Å². The molecule has 0 aliphatic rings. The van der Waals surface area contributed by atoms with Gasteiger partial charge in [0.2, 0.25) is 11.8 Å². The summed E-state index contributed by atoms with van der Waals surface area (Å²) in [4.78, 5) is 29.8. The van der Waals surface area contributed by atoms with Crippen LogP contribution in [0.25, 0.3) is 0 Å². The SMILES string of the molecule is CCCNC(=O)C(Cc1ccccc1)N(Cc1cccc(C)c1)C(=O)CC(c1ccccc1)c1ccccc1. The third kappa shape index (κ3) is 7.90. The van der Waals surface area contributed by atoms with Crippen molar-refractivity contribution < 1.29 is 9.59 Å². The van der Waals surface area contributed by atoms with Gasteiger partial charge < -0.3 is 10.2 Å². The largest absolute Gasteiger partial charge is 0.354 e. The summed E-state index contributed by atoms with van der Waals surface area (Å²) in [7, 11) is 0. The topological polar surface area (TPSA) is 49.4 Å². The third-order valence-corrected chi connectivity index (χ3v) is 7.04. The van der Waals surface area contributed by atoms with Gasteiger partial charge in [0, 0.05) is 31.8 Å². The predicted octanol–water partition coefficient (Wildman–Crippen LogP) is 6.68. The van der Waals surface area contributed by atoms with Crippen molar-refractivity contribution in [2.45, 2.75) is 51.6 Å². The molecule has 0 saturated heterocycles. The fourth-order valence-electron chi connectivity index (χ4n) is 5.02. The van der Waals surface area contributed by atoms with Gasteiger partial charge >= 0.3 is 0 Å². The molecule has 1 atom stereocenters. The van der Waals surface area contributed by atoms with E-state index in [2.05, 4.69) is 35.6 Å². The molecule has 0 bridgehead atoms. The van der Waals surface area contributed by atoms with E-state index in [9.17, 15) is 9.59 Å². The van der Waals surface area contributed by atoms with Gasteiger partial charge in [-0.05, 0) is 35.6 Å². The van der Waals surface area contributed by atoms with E-state index in [0.29, 0.717) is 19.5 Å². The molecule has 0 saturated carbocycles. The number of nitrogens with zero attached hydrogens (tertiary/aromatic N) is 1. The first-order valence-corrected chi connectivity index (χ1v) is 13.8. The molecule has 4 aromatic carbocycles. The van der Waals surface area contributed by atoms with E-state index in [4.69, 9.17) is 0 Å². The highest BCUT2D eigenvalue weighted by Gasteiger charge is 2.32. The van der Waals surface area contributed by atoms with E-state index in [0.717, 1.165) is 34.2 Å². The van der Waals surface area contributed by atoms with Gasteiger partial charge in [0.15, 0.2) is 0 Å². The molecule has 4 aromatic rings. The molecular formula is C35H38N2O2. The maximum absolute atomic E-state index is 14.3. The quantitative estimate of drug-likeness (QED) is 0.227. The van der Waals surface area contributed by atoms with Crippen LogP contribution < -0.4 is 5.32 Å². The number of carbonyl (C=O) groups is 2. The van der Waals surface area contributed by atoms with Crippen LogP contribution in [0.3, 0.4) is 0 Å². The Balaban J connectivity index is 1.72. The van der Waals surface area contributed by atoms with Crippen LogP contribution in [0.5, 0.6) is 0 Å². The van der Waals surface area contributed by atoms with Gasteiger partial charge in [-0.3, -0.25) is 9.59 Å². The molecule has 1 N–H and O–H groups in total. The van der Waals surface area contributed by atoms with Gasteiger partial charge in [0.25, 0.3) is 0 Å². The summed E-state index contributed by atoms with van der Waals surface area (Å²) in [6.07, 6.45) is 1.56. The van der Waals surface area contributed by atoms with Gasteiger partial charge in [-0.2, -0.15) is 0 Å². The molecule has 2 amide bonds. The van der Waals surface area contributed by atoms with Crippen LogP contribution in [0.2, 0.25) is 0 Å². The van der Waals surface area contributed by atoms with Crippen molar-refractivity contribution in [1.82, 2.24) is 10.2 Å². The second-order valence-corrected chi connectivity index (χ2v) is 10.1. The lowest BCUT2D eigenvalue weighted by atomic mass is 9.87. The zero-order valence-corrected chi connectivity index (χ0v) is 22.9. The maximum atomic E-state index is 14.3. The minimum Gasteiger partial charge on any atom is -0.354 e. The molecular weight excluding hydrogens is 480 g/mol. The number of hydrogen-bond acceptors (Lipinski definition) is 2. The maximum Gasteiger partial charge on any atom is 0.243 e. The Morgan fingerprint density at radius 3 is 1.87 bits per heavy atom. The number of hydrogen-bond donors (Lipinski definition) is 1. The monoisotopic (exact) mass is 518 g/mol. The third-order valence-electron chi connectivity index (χ3n) is 7.04. The first-order valence-electron chi connectivity index (χ1n) is 13.8. The summed E-state index contributed by atoms with van der Waals surface area (Å²) in [5, 5.41) is 3.07. The van der Waals surface area contributed by atoms with E-state index in [1.165, 1.54) is 0 Å². The standard InChI is InChI=1S/C35H38N2O2/c1-3-22-36-35(39)33(24-28-15-7-4-8-16-28)37(26-29-17-13-14-27(2)23-29)34(38)25-32(30-18-9-5-10-19-30)31-20-11-6-12-21-31/h4-21,23,32-33H,3,22,24-26H2,1-2H3,(H,36,39). The highest BCUT2D eigenvalue weighted by molar-refractivity contribution is 5.88. The number of amides is 2. The molecule has 4 heteroatoms. The lowest BCUT2D eigenvalue weighted by Gasteiger charge is -2.33. The number of benzene rings is 4. The summed E-state index contributed by atoms with van der Waals surface area (Å²) in [6.45, 7) is 5.03. The highest BCUT2D eigenvalue weighted by Crippen LogP contribution is 2.30. The second kappa shape index (κ2) is 14.1. The van der Waals surface area contributed by atoms with E-state index in [1.807, 2.05) is 98.8 Å². The Hall–Kier alpha value is -4.18. The summed E-state index contributed by atoms with van der Waals surface area (Å²) in [5.74, 6) is -0.268. The fraction of sp³-hybridized carbons (Fsp3) is 0.257. The van der Waals surface area contributed by atoms with Crippen LogP contribution in [0, 0.1) is 6.92 Å². The normalized spacial score (nSPS) is 11.7. The van der Waals surface area contributed by atoms with Gasteiger partial charge in [-0.25, -0.2) is 0 Å². The molecule has 0 aliphatic carbocycles. The minimum atomic E-state index is -0.626. The Labute approximate surface area is 232 Å². The second-order valence-electron chi connectivity index (χ2n) is 10.1. The molecule has 0 heterocycles. The molecule has 39 heavy (non-hydrogen) atoms. The van der Waals surface area contributed by atoms with Crippen LogP contribution in [-0.4, -0.2) is 29.3 Å². The van der Waals surface area contributed by atoms with Crippen LogP contribution in [0.4, 0.5) is 0 Å². The van der Waals surface area contributed by atoms with Crippen molar-refractivity contribution in [3.05, 3.63) is 143 Å². The van der Waals surface area contributed by atoms with Crippen molar-refractivity contribution in [3.8, 4) is 0 Å². The molecule has 0 spiro atoms. The minimum absolute atomic E-state index is 0.0400. The molecule has 200 valence electrons. The lowest BCUT2D eigenvalue weighted by Crippen LogP contribution is -2.50. The molecule has 4 nitrogen and oxygen atoms in total. The zero-order chi connectivity index (χ0) is 27.5. The average Bonchev–Trinajstić information content (AvgIpc) is 2.97. The molecule has 4 rings (SSSR count). The fourth-order valence-corrected chi connectivity index (χ4v) is 5.02. The van der Waals surface area contributed by atoms with E-state index >= 15 is 0 Å². The smallest absolute Gasteiger partial charge is 0.243 e. The summed E-state index contributed by atoms with van der Waals surface area (Å²) in [6, 6.07) is 37.8. The Kier molecular flexibility index (Phi) is 10.1. The van der Waals surface area contributed by atoms with E-state index < -0.39 is 6.04 Å². The summed E-state index contributed by atoms with van der Waals surface area (Å²) < 4.78 is 0. The van der Waals surface area contributed by atoms with E-state index in [1.54, 1.807) is 4.90 Å². The van der Waals surface area contributed by atoms with Crippen LogP contribution in [-0.2, 0) is 22.6 Å². The zero-order valence-electron chi connectivity index (χ0n) is 22.9. The predicted molar refractivity (Wildman–Crippen MR) is 158 cm³/mol. The lowest BCUT2D eigenvalue weighted by molar-refractivity contribution is -0.141. The number of aryl methyl sites for hydroxylation is 1. The average molecular weight is 519 g/mol. The number of rotatable bonds is 12. The van der Waals surface area contributed by atoms with Crippen molar-refractivity contribution in [2.75, 3.05) is 6.54 Å². The molecule has 0 aromatic heterocycles. The Morgan fingerprint density at radius 1 is 0.744 bits per heavy atom. The first kappa shape index (κ1) is 27.8. The number of carbonyl (C=O) groups excluding carboxylic acids is 2. The number of nitrogens with one attached hydrogen (secondary N) is 1. The summed E-state index contributed by atoms with van der Waals surface area (Å²) in [5.41, 5.74) is 5.34. The van der Waals surface area contributed by atoms with Gasteiger partial charge in [-0.15, -0.1) is 0 Å².